The molecule has 1 unspecified atom stereocenters. The maximum absolute atomic E-state index is 14.9. The molecule has 7 nitrogen and oxygen atoms in total. The molecule has 0 spiro atoms. The van der Waals surface area contributed by atoms with E-state index in [1.54, 1.807) is 0 Å². The molecule has 168 valence electrons. The molecule has 1 saturated carbocycles. The molecule has 0 radical (unpaired) electrons. The number of fused-ring (bicyclic) bond motifs is 1. The normalized spacial score (nSPS) is 22.5. The van der Waals surface area contributed by atoms with Gasteiger partial charge < -0.3 is 0 Å². The Bertz CT molecular complexity index is 1150. The first kappa shape index (κ1) is 22.0. The van der Waals surface area contributed by atoms with Crippen molar-refractivity contribution in [3.63, 3.8) is 0 Å². The first-order valence-electron chi connectivity index (χ1n) is 10.8. The van der Waals surface area contributed by atoms with Crippen molar-refractivity contribution in [2.45, 2.75) is 58.9 Å². The highest BCUT2D eigenvalue weighted by atomic mass is 32.2. The van der Waals surface area contributed by atoms with Crippen LogP contribution in [0.25, 0.3) is 10.9 Å². The van der Waals surface area contributed by atoms with Gasteiger partial charge >= 0.3 is 10.2 Å². The molecule has 1 aliphatic heterocycles. The van der Waals surface area contributed by atoms with Crippen molar-refractivity contribution in [2.24, 2.45) is 5.41 Å². The summed E-state index contributed by atoms with van der Waals surface area (Å²) in [6.45, 7) is 9.53. The number of carbonyl (C=O) groups excluding carboxylic acids is 1. The van der Waals surface area contributed by atoms with Gasteiger partial charge in [0.2, 0.25) is 0 Å². The summed E-state index contributed by atoms with van der Waals surface area (Å²) in [5, 5.41) is 5.28. The van der Waals surface area contributed by atoms with Crippen molar-refractivity contribution in [3.8, 4) is 0 Å². The number of nitrogens with zero attached hydrogens (tertiary/aromatic N) is 3. The molecule has 9 heteroatoms. The number of amides is 1. The molecule has 1 atom stereocenters. The van der Waals surface area contributed by atoms with Crippen LogP contribution in [0.1, 0.15) is 61.5 Å². The van der Waals surface area contributed by atoms with E-state index >= 15 is 0 Å². The molecule has 0 bridgehead atoms. The number of aryl methyl sites for hydroxylation is 1. The molecule has 2 aliphatic rings. The summed E-state index contributed by atoms with van der Waals surface area (Å²) in [5.41, 5.74) is 2.28. The fourth-order valence-corrected chi connectivity index (χ4v) is 5.91. The maximum Gasteiger partial charge on any atom is 0.304 e. The van der Waals surface area contributed by atoms with Gasteiger partial charge in [0.15, 0.2) is 0 Å². The summed E-state index contributed by atoms with van der Waals surface area (Å²) in [6.07, 6.45) is 5.87. The molecular formula is C22H29FN4O3S. The second kappa shape index (κ2) is 8.02. The number of benzene rings is 1. The van der Waals surface area contributed by atoms with Crippen molar-refractivity contribution < 1.29 is 17.6 Å². The third-order valence-electron chi connectivity index (χ3n) is 6.74. The van der Waals surface area contributed by atoms with Crippen LogP contribution in [0.5, 0.6) is 0 Å². The summed E-state index contributed by atoms with van der Waals surface area (Å²) in [5.74, 6) is -1.73. The zero-order valence-corrected chi connectivity index (χ0v) is 18.9. The van der Waals surface area contributed by atoms with Crippen LogP contribution in [0.15, 0.2) is 24.3 Å². The number of aromatic nitrogens is 2. The third kappa shape index (κ3) is 4.13. The molecule has 2 heterocycles. The largest absolute Gasteiger partial charge is 0.304 e. The standard InChI is InChI=1S/C22H29FN4O3S/c1-4-22(8-5-7-15(2)13-22)14-27-20-12-19(23)18(11-17(20)16(3)24-27)21(28)25-31(29,30)26-9-6-10-26/h11-12H,2,4-10,13-14H2,1,3H3,(H,25,28). The minimum atomic E-state index is -3.94. The van der Waals surface area contributed by atoms with Crippen LogP contribution in [0.2, 0.25) is 0 Å². The average Bonchev–Trinajstić information content (AvgIpc) is 2.93. The molecule has 31 heavy (non-hydrogen) atoms. The van der Waals surface area contributed by atoms with E-state index in [1.807, 2.05) is 16.3 Å². The number of carbonyl (C=O) groups is 1. The van der Waals surface area contributed by atoms with Gasteiger partial charge in [-0.1, -0.05) is 19.1 Å². The third-order valence-corrected chi connectivity index (χ3v) is 8.23. The van der Waals surface area contributed by atoms with E-state index in [9.17, 15) is 17.6 Å². The number of hydrogen-bond acceptors (Lipinski definition) is 4. The summed E-state index contributed by atoms with van der Waals surface area (Å²) in [7, 11) is -3.94. The van der Waals surface area contributed by atoms with Gasteiger partial charge in [-0.2, -0.15) is 17.8 Å². The van der Waals surface area contributed by atoms with Crippen LogP contribution >= 0.6 is 0 Å². The lowest BCUT2D eigenvalue weighted by Crippen LogP contribution is -2.49. The number of allylic oxidation sites excluding steroid dienone is 1. The maximum atomic E-state index is 14.9. The molecule has 4 rings (SSSR count). The van der Waals surface area contributed by atoms with Gasteiger partial charge in [-0.3, -0.25) is 9.48 Å². The monoisotopic (exact) mass is 448 g/mol. The Labute approximate surface area is 182 Å². The summed E-state index contributed by atoms with van der Waals surface area (Å²) in [4.78, 5) is 12.5. The van der Waals surface area contributed by atoms with Crippen molar-refractivity contribution in [1.82, 2.24) is 18.8 Å². The zero-order chi connectivity index (χ0) is 22.4. The first-order valence-corrected chi connectivity index (χ1v) is 12.2. The highest BCUT2D eigenvalue weighted by Crippen LogP contribution is 2.43. The van der Waals surface area contributed by atoms with Crippen LogP contribution in [-0.2, 0) is 16.8 Å². The Morgan fingerprint density at radius 3 is 2.68 bits per heavy atom. The lowest BCUT2D eigenvalue weighted by Gasteiger charge is -2.37. The van der Waals surface area contributed by atoms with Gasteiger partial charge in [-0.15, -0.1) is 0 Å². The smallest absolute Gasteiger partial charge is 0.268 e. The summed E-state index contributed by atoms with van der Waals surface area (Å²) >= 11 is 0. The Balaban J connectivity index is 1.65. The molecule has 1 aliphatic carbocycles. The van der Waals surface area contributed by atoms with Gasteiger partial charge in [0.1, 0.15) is 5.82 Å². The topological polar surface area (TPSA) is 84.3 Å². The fourth-order valence-electron chi connectivity index (χ4n) is 4.70. The Hall–Kier alpha value is -2.26. The SMILES string of the molecule is C=C1CCCC(CC)(Cn2nc(C)c3cc(C(=O)NS(=O)(=O)N4CCC4)c(F)cc32)C1. The van der Waals surface area contributed by atoms with Crippen molar-refractivity contribution in [3.05, 3.63) is 41.4 Å². The molecule has 2 fully saturated rings. The number of halogens is 1. The second-order valence-electron chi connectivity index (χ2n) is 8.91. The predicted octanol–water partition coefficient (Wildman–Crippen LogP) is 3.69. The predicted molar refractivity (Wildman–Crippen MR) is 117 cm³/mol. The van der Waals surface area contributed by atoms with E-state index < -0.39 is 21.9 Å². The highest BCUT2D eigenvalue weighted by Gasteiger charge is 2.34. The fraction of sp³-hybridized carbons (Fsp3) is 0.545. The van der Waals surface area contributed by atoms with E-state index in [4.69, 9.17) is 0 Å². The number of rotatable bonds is 6. The molecule has 1 N–H and O–H groups in total. The van der Waals surface area contributed by atoms with Gasteiger partial charge in [0, 0.05) is 31.1 Å². The van der Waals surface area contributed by atoms with Crippen LogP contribution in [0, 0.1) is 18.2 Å². The lowest BCUT2D eigenvalue weighted by atomic mass is 9.70. The van der Waals surface area contributed by atoms with Gasteiger partial charge in [0.25, 0.3) is 5.91 Å². The van der Waals surface area contributed by atoms with Gasteiger partial charge in [-0.25, -0.2) is 9.11 Å². The Kier molecular flexibility index (Phi) is 5.68. The van der Waals surface area contributed by atoms with E-state index in [0.29, 0.717) is 36.2 Å². The van der Waals surface area contributed by atoms with E-state index in [1.165, 1.54) is 17.7 Å². The quantitative estimate of drug-likeness (QED) is 0.683. The molecule has 1 amide bonds. The second-order valence-corrected chi connectivity index (χ2v) is 10.6. The molecule has 1 aromatic heterocycles. The number of nitrogens with one attached hydrogen (secondary N) is 1. The average molecular weight is 449 g/mol. The molecule has 1 aromatic carbocycles. The molecular weight excluding hydrogens is 419 g/mol. The van der Waals surface area contributed by atoms with E-state index in [0.717, 1.165) is 42.8 Å². The minimum absolute atomic E-state index is 0.0402. The summed E-state index contributed by atoms with van der Waals surface area (Å²) < 4.78 is 44.3. The zero-order valence-electron chi connectivity index (χ0n) is 18.1. The Morgan fingerprint density at radius 1 is 1.32 bits per heavy atom. The minimum Gasteiger partial charge on any atom is -0.268 e. The van der Waals surface area contributed by atoms with Crippen LogP contribution < -0.4 is 4.72 Å². The van der Waals surface area contributed by atoms with E-state index in [2.05, 4.69) is 18.6 Å². The summed E-state index contributed by atoms with van der Waals surface area (Å²) in [6, 6.07) is 2.70. The first-order chi connectivity index (χ1) is 14.6. The molecule has 1 saturated heterocycles. The van der Waals surface area contributed by atoms with Gasteiger partial charge in [0.05, 0.1) is 16.8 Å². The van der Waals surface area contributed by atoms with Crippen molar-refractivity contribution in [1.29, 1.82) is 0 Å². The lowest BCUT2D eigenvalue weighted by molar-refractivity contribution is 0.0974. The van der Waals surface area contributed by atoms with Crippen molar-refractivity contribution in [2.75, 3.05) is 13.1 Å². The van der Waals surface area contributed by atoms with Crippen LogP contribution in [-0.4, -0.2) is 41.5 Å². The van der Waals surface area contributed by atoms with Crippen molar-refractivity contribution >= 4 is 27.0 Å². The molecule has 2 aromatic rings. The van der Waals surface area contributed by atoms with Crippen LogP contribution in [0.4, 0.5) is 4.39 Å². The number of hydrogen-bond donors (Lipinski definition) is 1. The van der Waals surface area contributed by atoms with Gasteiger partial charge in [-0.05, 0) is 56.9 Å². The highest BCUT2D eigenvalue weighted by molar-refractivity contribution is 7.87. The Morgan fingerprint density at radius 2 is 2.06 bits per heavy atom. The van der Waals surface area contributed by atoms with Crippen LogP contribution in [0.3, 0.4) is 0 Å². The van der Waals surface area contributed by atoms with E-state index in [-0.39, 0.29) is 11.0 Å².